The first-order valence-corrected chi connectivity index (χ1v) is 21.9. The van der Waals surface area contributed by atoms with Crippen LogP contribution in [0.1, 0.15) is 41.4 Å². The zero-order valence-corrected chi connectivity index (χ0v) is 40.0. The van der Waals surface area contributed by atoms with Crippen LogP contribution in [0.4, 0.5) is 8.78 Å². The molecule has 0 aromatic heterocycles. The van der Waals surface area contributed by atoms with Gasteiger partial charge in [-0.1, -0.05) is 47.8 Å². The van der Waals surface area contributed by atoms with Gasteiger partial charge in [-0.25, -0.2) is 19.2 Å². The van der Waals surface area contributed by atoms with E-state index in [1.807, 2.05) is 0 Å². The normalized spacial score (nSPS) is 11.5. The predicted molar refractivity (Wildman–Crippen MR) is 217 cm³/mol. The van der Waals surface area contributed by atoms with E-state index in [1.54, 1.807) is 0 Å². The van der Waals surface area contributed by atoms with Crippen LogP contribution in [0.5, 0.6) is 17.2 Å². The van der Waals surface area contributed by atoms with E-state index in [-0.39, 0.29) is 44.1 Å². The van der Waals surface area contributed by atoms with Crippen LogP contribution < -0.4 is 14.2 Å². The number of carbonyl (C=O) groups is 4. The summed E-state index contributed by atoms with van der Waals surface area (Å²) in [6, 6.07) is 10.4. The Morgan fingerprint density at radius 1 is 0.509 bits per heavy atom. The molecule has 1 N–H and O–H groups in total. The average molecular weight is 1340 g/mol. The molecule has 0 saturated heterocycles. The van der Waals surface area contributed by atoms with Crippen molar-refractivity contribution in [1.82, 2.24) is 0 Å². The molecule has 53 heavy (non-hydrogen) atoms. The third kappa shape index (κ3) is 10.8. The minimum absolute atomic E-state index is 0.0845. The van der Waals surface area contributed by atoms with Gasteiger partial charge in [0.25, 0.3) is 0 Å². The molecule has 4 aromatic rings. The average Bonchev–Trinajstić information content (AvgIpc) is 3.03. The molecule has 4 aromatic carbocycles. The molecule has 280 valence electrons. The molecular weight excluding hydrogens is 1330 g/mol. The first kappa shape index (κ1) is 44.6. The number of carbonyl (C=O) groups excluding carboxylic acids is 4. The largest absolute Gasteiger partial charge is 0.454 e. The molecule has 0 spiro atoms. The lowest BCUT2D eigenvalue weighted by molar-refractivity contribution is -0.00963. The number of ether oxygens (including phenoxy) is 4. The lowest BCUT2D eigenvalue weighted by atomic mass is 9.97. The van der Waals surface area contributed by atoms with E-state index in [0.717, 1.165) is 0 Å². The summed E-state index contributed by atoms with van der Waals surface area (Å²) >= 11 is 29.3. The van der Waals surface area contributed by atoms with Gasteiger partial charge in [-0.3, -0.25) is 4.55 Å². The van der Waals surface area contributed by atoms with Gasteiger partial charge in [0.1, 0.15) is 0 Å². The Kier molecular flexibility index (Phi) is 15.1. The highest BCUT2D eigenvalue weighted by Crippen LogP contribution is 2.40. The molecule has 23 heteroatoms. The highest BCUT2D eigenvalue weighted by molar-refractivity contribution is 9.12. The molecule has 0 radical (unpaired) electrons. The molecule has 0 amide bonds. The van der Waals surface area contributed by atoms with Crippen LogP contribution in [0.15, 0.2) is 88.8 Å². The number of halogens is 11. The van der Waals surface area contributed by atoms with Gasteiger partial charge in [-0.05, 0) is 144 Å². The second-order valence-corrected chi connectivity index (χ2v) is 19.3. The molecule has 0 fully saturated rings. The van der Waals surface area contributed by atoms with Crippen LogP contribution in [-0.2, 0) is 14.9 Å². The van der Waals surface area contributed by atoms with Crippen molar-refractivity contribution in [3.63, 3.8) is 0 Å². The van der Waals surface area contributed by atoms with Crippen LogP contribution in [0, 0.1) is 0 Å². The standard InChI is InChI=1S/C30H11Br9F2O11S/c31-10-1-17(34)23(18(35)2-10)50-27(43)14-8-16(29(45)52-25-21(38)5-12(33)6-22(25)39)15(28(44)51-24-19(36)3-11(32)4-20(24)37)7-13(14)26(42)49-9-30(40,41)53(46,47)48/h1-8H,9H2,(H,46,47,48). The minimum atomic E-state index is -6.06. The molecule has 0 atom stereocenters. The first-order valence-electron chi connectivity index (χ1n) is 13.3. The van der Waals surface area contributed by atoms with E-state index in [4.69, 9.17) is 18.8 Å². The van der Waals surface area contributed by atoms with Crippen molar-refractivity contribution in [2.24, 2.45) is 0 Å². The summed E-state index contributed by atoms with van der Waals surface area (Å²) in [4.78, 5) is 54.9. The number of hydrogen-bond acceptors (Lipinski definition) is 10. The summed E-state index contributed by atoms with van der Waals surface area (Å²) in [6.45, 7) is -2.21. The second-order valence-electron chi connectivity index (χ2n) is 9.90. The van der Waals surface area contributed by atoms with Gasteiger partial charge in [0.2, 0.25) is 0 Å². The van der Waals surface area contributed by atoms with Crippen molar-refractivity contribution in [1.29, 1.82) is 0 Å². The Labute approximate surface area is 373 Å². The lowest BCUT2D eigenvalue weighted by Crippen LogP contribution is -2.35. The molecule has 0 bridgehead atoms. The Morgan fingerprint density at radius 2 is 0.755 bits per heavy atom. The monoisotopic (exact) mass is 1330 g/mol. The molecule has 4 rings (SSSR count). The van der Waals surface area contributed by atoms with E-state index >= 15 is 0 Å². The fourth-order valence-electron chi connectivity index (χ4n) is 3.90. The Balaban J connectivity index is 1.95. The number of hydrogen-bond donors (Lipinski definition) is 1. The van der Waals surface area contributed by atoms with E-state index in [2.05, 4.69) is 148 Å². The maximum absolute atomic E-state index is 14.1. The minimum Gasteiger partial charge on any atom is -0.454 e. The number of benzene rings is 4. The van der Waals surface area contributed by atoms with Crippen LogP contribution in [0.3, 0.4) is 0 Å². The zero-order chi connectivity index (χ0) is 39.7. The van der Waals surface area contributed by atoms with Gasteiger partial charge in [0.05, 0.1) is 49.1 Å². The molecule has 0 heterocycles. The van der Waals surface area contributed by atoms with Crippen molar-refractivity contribution in [3.8, 4) is 17.2 Å². The maximum atomic E-state index is 14.1. The topological polar surface area (TPSA) is 160 Å². The zero-order valence-electron chi connectivity index (χ0n) is 24.9. The SMILES string of the molecule is O=C(OCC(F)(F)S(=O)(=O)O)c1cc(C(=O)Oc2c(Br)cc(Br)cc2Br)c(C(=O)Oc2c(Br)cc(Br)cc2Br)cc1C(=O)Oc1c(Br)cc(Br)cc1Br. The summed E-state index contributed by atoms with van der Waals surface area (Å²) in [5.41, 5.74) is -3.25. The van der Waals surface area contributed by atoms with Gasteiger partial charge in [0, 0.05) is 13.4 Å². The molecule has 11 nitrogen and oxygen atoms in total. The summed E-state index contributed by atoms with van der Waals surface area (Å²) in [7, 11) is -6.06. The van der Waals surface area contributed by atoms with Crippen molar-refractivity contribution in [3.05, 3.63) is 111 Å². The summed E-state index contributed by atoms with van der Waals surface area (Å²) in [5.74, 6) is -6.14. The summed E-state index contributed by atoms with van der Waals surface area (Å²) in [6.07, 6.45) is 0. The third-order valence-corrected chi connectivity index (χ3v) is 12.0. The summed E-state index contributed by atoms with van der Waals surface area (Å²) in [5, 5.41) is -4.98. The molecular formula is C30H11Br9F2O11S. The van der Waals surface area contributed by atoms with Crippen molar-refractivity contribution in [2.45, 2.75) is 5.25 Å². The van der Waals surface area contributed by atoms with Crippen LogP contribution in [0.2, 0.25) is 0 Å². The van der Waals surface area contributed by atoms with Crippen LogP contribution in [0.25, 0.3) is 0 Å². The van der Waals surface area contributed by atoms with E-state index in [9.17, 15) is 36.4 Å². The molecule has 0 aliphatic heterocycles. The quantitative estimate of drug-likeness (QED) is 0.0915. The van der Waals surface area contributed by atoms with E-state index in [0.29, 0.717) is 25.6 Å². The van der Waals surface area contributed by atoms with Crippen LogP contribution in [-0.4, -0.2) is 48.7 Å². The third-order valence-electron chi connectivity index (χ3n) is 6.26. The van der Waals surface area contributed by atoms with Gasteiger partial charge in [-0.15, -0.1) is 0 Å². The van der Waals surface area contributed by atoms with E-state index in [1.165, 1.54) is 36.4 Å². The van der Waals surface area contributed by atoms with E-state index < -0.39 is 68.1 Å². The highest BCUT2D eigenvalue weighted by atomic mass is 79.9. The molecule has 0 saturated carbocycles. The van der Waals surface area contributed by atoms with Gasteiger partial charge in [-0.2, -0.15) is 17.2 Å². The van der Waals surface area contributed by atoms with Gasteiger partial charge in [0.15, 0.2) is 23.9 Å². The molecule has 0 unspecified atom stereocenters. The second kappa shape index (κ2) is 18.0. The maximum Gasteiger partial charge on any atom is 0.402 e. The predicted octanol–water partition coefficient (Wildman–Crippen LogP) is 11.8. The fourth-order valence-corrected chi connectivity index (χ4v) is 11.4. The molecule has 0 aliphatic carbocycles. The fraction of sp³-hybridized carbons (Fsp3) is 0.0667. The highest BCUT2D eigenvalue weighted by Gasteiger charge is 2.46. The van der Waals surface area contributed by atoms with Crippen molar-refractivity contribution in [2.75, 3.05) is 6.61 Å². The number of esters is 4. The number of rotatable bonds is 10. The smallest absolute Gasteiger partial charge is 0.402 e. The Bertz CT molecular complexity index is 2250. The summed E-state index contributed by atoms with van der Waals surface area (Å²) < 4.78 is 83.7. The Morgan fingerprint density at radius 3 is 1.00 bits per heavy atom. The van der Waals surface area contributed by atoms with Crippen molar-refractivity contribution >= 4 is 177 Å². The lowest BCUT2D eigenvalue weighted by Gasteiger charge is -2.18. The Hall–Kier alpha value is -1.15. The van der Waals surface area contributed by atoms with Crippen molar-refractivity contribution < 1.29 is 59.9 Å². The van der Waals surface area contributed by atoms with Gasteiger partial charge < -0.3 is 18.9 Å². The van der Waals surface area contributed by atoms with Gasteiger partial charge >= 0.3 is 39.2 Å². The first-order chi connectivity index (χ1) is 24.5. The molecule has 0 aliphatic rings. The van der Waals surface area contributed by atoms with Crippen LogP contribution >= 0.6 is 143 Å². The number of alkyl halides is 2.